The maximum Gasteiger partial charge on any atom is 0.268 e. The minimum absolute atomic E-state index is 0.0106. The second-order valence-corrected chi connectivity index (χ2v) is 8.43. The van der Waals surface area contributed by atoms with Crippen molar-refractivity contribution >= 4 is 22.6 Å². The highest BCUT2D eigenvalue weighted by Crippen LogP contribution is 2.15. The molecular weight excluding hydrogens is 488 g/mol. The van der Waals surface area contributed by atoms with E-state index in [2.05, 4.69) is 11.6 Å². The Balaban J connectivity index is 2.28. The lowest BCUT2D eigenvalue weighted by Gasteiger charge is -2.14. The second kappa shape index (κ2) is 12.5. The summed E-state index contributed by atoms with van der Waals surface area (Å²) in [7, 11) is 0. The average Bonchev–Trinajstić information content (AvgIpc) is 2.88. The van der Waals surface area contributed by atoms with Crippen LogP contribution in [0.5, 0.6) is 0 Å². The smallest absolute Gasteiger partial charge is 0.268 e. The van der Waals surface area contributed by atoms with E-state index in [1.54, 1.807) is 16.8 Å². The van der Waals surface area contributed by atoms with Gasteiger partial charge in [0.1, 0.15) is 17.4 Å². The number of pyridine rings is 2. The van der Waals surface area contributed by atoms with E-state index in [-0.39, 0.29) is 51.9 Å². The first kappa shape index (κ1) is 27.9. The number of rotatable bonds is 10. The zero-order valence-corrected chi connectivity index (χ0v) is 21.5. The maximum atomic E-state index is 13.3. The number of aryl methyl sites for hydroxylation is 2. The fraction of sp³-hybridized carbons (Fsp3) is 0.296. The molecule has 196 valence electrons. The van der Waals surface area contributed by atoms with E-state index >= 15 is 0 Å². The quantitative estimate of drug-likeness (QED) is 0.132. The highest BCUT2D eigenvalue weighted by Gasteiger charge is 2.18. The third kappa shape index (κ3) is 5.99. The molecule has 0 aliphatic heterocycles. The van der Waals surface area contributed by atoms with Crippen molar-refractivity contribution in [1.82, 2.24) is 14.0 Å². The number of allylic oxidation sites excluding steroid dienone is 3. The molecule has 3 aromatic rings. The summed E-state index contributed by atoms with van der Waals surface area (Å²) in [5.74, 6) is -0.683. The van der Waals surface area contributed by atoms with E-state index in [1.165, 1.54) is 35.6 Å². The monoisotopic (exact) mass is 516 g/mol. The summed E-state index contributed by atoms with van der Waals surface area (Å²) < 4.78 is 8.43. The fourth-order valence-corrected chi connectivity index (χ4v) is 3.96. The van der Waals surface area contributed by atoms with Crippen molar-refractivity contribution in [1.29, 1.82) is 5.26 Å². The lowest BCUT2D eigenvalue weighted by Crippen LogP contribution is -2.30. The molecule has 0 unspecified atom stereocenters. The molecule has 0 bridgehead atoms. The molecule has 0 N–H and O–H groups in total. The molecule has 0 aromatic carbocycles. The predicted molar refractivity (Wildman–Crippen MR) is 142 cm³/mol. The summed E-state index contributed by atoms with van der Waals surface area (Å²) in [6.45, 7) is 9.86. The lowest BCUT2D eigenvalue weighted by molar-refractivity contribution is -0.420. The van der Waals surface area contributed by atoms with E-state index in [0.29, 0.717) is 25.3 Å². The zero-order chi connectivity index (χ0) is 27.8. The molecule has 0 saturated heterocycles. The summed E-state index contributed by atoms with van der Waals surface area (Å²) >= 11 is 0. The van der Waals surface area contributed by atoms with Gasteiger partial charge in [0.2, 0.25) is 0 Å². The van der Waals surface area contributed by atoms with Gasteiger partial charge >= 0.3 is 0 Å². The SMILES string of the molecule is C=C/C=C/C(=C(\C)CC(=O)N=c1c(C#N)cc2c(=O)n3cccc(C)c3nc2n1CCCOCC)[N+](=O)[O-]. The molecule has 3 heterocycles. The molecule has 3 aromatic heterocycles. The highest BCUT2D eigenvalue weighted by atomic mass is 16.6. The predicted octanol–water partition coefficient (Wildman–Crippen LogP) is 3.37. The lowest BCUT2D eigenvalue weighted by atomic mass is 10.1. The van der Waals surface area contributed by atoms with Crippen molar-refractivity contribution in [3.63, 3.8) is 0 Å². The van der Waals surface area contributed by atoms with Crippen LogP contribution < -0.4 is 11.0 Å². The second-order valence-electron chi connectivity index (χ2n) is 8.43. The van der Waals surface area contributed by atoms with Crippen LogP contribution in [0.3, 0.4) is 0 Å². The molecule has 38 heavy (non-hydrogen) atoms. The number of carbonyl (C=O) groups excluding carboxylic acids is 1. The molecule has 1 amide bonds. The van der Waals surface area contributed by atoms with Gasteiger partial charge in [0.15, 0.2) is 5.49 Å². The normalized spacial score (nSPS) is 12.6. The van der Waals surface area contributed by atoms with Gasteiger partial charge in [-0.05, 0) is 44.9 Å². The minimum Gasteiger partial charge on any atom is -0.382 e. The van der Waals surface area contributed by atoms with Gasteiger partial charge in [0, 0.05) is 37.6 Å². The molecule has 0 spiro atoms. The van der Waals surface area contributed by atoms with Crippen molar-refractivity contribution in [2.75, 3.05) is 13.2 Å². The van der Waals surface area contributed by atoms with Gasteiger partial charge in [0.25, 0.3) is 17.2 Å². The molecule has 11 heteroatoms. The van der Waals surface area contributed by atoms with Crippen molar-refractivity contribution in [2.45, 2.75) is 40.2 Å². The summed E-state index contributed by atoms with van der Waals surface area (Å²) in [4.78, 5) is 46.1. The number of hydrogen-bond acceptors (Lipinski definition) is 7. The van der Waals surface area contributed by atoms with Crippen molar-refractivity contribution in [3.05, 3.63) is 97.6 Å². The maximum absolute atomic E-state index is 13.3. The van der Waals surface area contributed by atoms with Crippen LogP contribution in [0.15, 0.2) is 70.3 Å². The molecule has 3 rings (SSSR count). The van der Waals surface area contributed by atoms with E-state index in [4.69, 9.17) is 9.72 Å². The van der Waals surface area contributed by atoms with Crippen LogP contribution in [-0.4, -0.2) is 38.0 Å². The van der Waals surface area contributed by atoms with Crippen molar-refractivity contribution in [3.8, 4) is 6.07 Å². The Hall–Kier alpha value is -4.69. The first-order valence-corrected chi connectivity index (χ1v) is 12.0. The van der Waals surface area contributed by atoms with Crippen LogP contribution >= 0.6 is 0 Å². The van der Waals surface area contributed by atoms with E-state index in [1.807, 2.05) is 26.0 Å². The minimum atomic E-state index is -0.683. The zero-order valence-electron chi connectivity index (χ0n) is 21.5. The number of carbonyl (C=O) groups is 1. The van der Waals surface area contributed by atoms with Crippen LogP contribution in [-0.2, 0) is 16.1 Å². The summed E-state index contributed by atoms with van der Waals surface area (Å²) in [5, 5.41) is 21.6. The molecular formula is C27H28N6O5. The summed E-state index contributed by atoms with van der Waals surface area (Å²) in [6.07, 6.45) is 5.82. The van der Waals surface area contributed by atoms with Crippen LogP contribution in [0.4, 0.5) is 0 Å². The van der Waals surface area contributed by atoms with Gasteiger partial charge in [-0.1, -0.05) is 24.8 Å². The third-order valence-electron chi connectivity index (χ3n) is 5.77. The number of aromatic nitrogens is 3. The standard InChI is InChI=1S/C27H28N6O5/c1-5-7-11-22(33(36)37)19(4)15-23(34)29-25-20(17-28)16-21-26(31(25)13-9-14-38-6-2)30-24-18(3)10-8-12-32(24)27(21)35/h5,7-8,10-12,16H,1,6,9,13-15H2,2-4H3/b11-7+,22-19-,29-25?. The largest absolute Gasteiger partial charge is 0.382 e. The summed E-state index contributed by atoms with van der Waals surface area (Å²) in [6, 6.07) is 6.97. The first-order valence-electron chi connectivity index (χ1n) is 12.0. The summed E-state index contributed by atoms with van der Waals surface area (Å²) in [5.41, 5.74) is 1.13. The van der Waals surface area contributed by atoms with Gasteiger partial charge in [-0.2, -0.15) is 10.3 Å². The van der Waals surface area contributed by atoms with Gasteiger partial charge in [-0.25, -0.2) is 4.98 Å². The molecule has 0 aliphatic carbocycles. The Morgan fingerprint density at radius 3 is 2.82 bits per heavy atom. The van der Waals surface area contributed by atoms with E-state index < -0.39 is 10.8 Å². The first-order chi connectivity index (χ1) is 18.2. The number of nitriles is 1. The number of amides is 1. The number of fused-ring (bicyclic) bond motifs is 2. The molecule has 0 fully saturated rings. The van der Waals surface area contributed by atoms with Gasteiger partial charge in [-0.15, -0.1) is 0 Å². The fourth-order valence-electron chi connectivity index (χ4n) is 3.96. The average molecular weight is 517 g/mol. The van der Waals surface area contributed by atoms with Gasteiger partial charge < -0.3 is 9.30 Å². The van der Waals surface area contributed by atoms with E-state index in [0.717, 1.165) is 5.56 Å². The van der Waals surface area contributed by atoms with Crippen molar-refractivity contribution in [2.24, 2.45) is 4.99 Å². The number of nitrogens with zero attached hydrogens (tertiary/aromatic N) is 6. The van der Waals surface area contributed by atoms with E-state index in [9.17, 15) is 25.0 Å². The van der Waals surface area contributed by atoms with Crippen LogP contribution in [0.25, 0.3) is 16.7 Å². The Bertz CT molecular complexity index is 1650. The highest BCUT2D eigenvalue weighted by molar-refractivity contribution is 5.81. The Kier molecular flexibility index (Phi) is 9.18. The Morgan fingerprint density at radius 2 is 2.16 bits per heavy atom. The number of nitro groups is 1. The van der Waals surface area contributed by atoms with Crippen molar-refractivity contribution < 1.29 is 14.5 Å². The molecule has 0 atom stereocenters. The molecule has 11 nitrogen and oxygen atoms in total. The Labute approximate surface area is 218 Å². The van der Waals surface area contributed by atoms with Gasteiger partial charge in [0.05, 0.1) is 22.3 Å². The van der Waals surface area contributed by atoms with Gasteiger partial charge in [-0.3, -0.25) is 24.1 Å². The third-order valence-corrected chi connectivity index (χ3v) is 5.77. The number of ether oxygens (including phenoxy) is 1. The van der Waals surface area contributed by atoms with Crippen LogP contribution in [0.2, 0.25) is 0 Å². The molecule has 0 radical (unpaired) electrons. The van der Waals surface area contributed by atoms with Crippen LogP contribution in [0, 0.1) is 28.4 Å². The topological polar surface area (TPSA) is 145 Å². The molecule has 0 aliphatic rings. The number of hydrogen-bond donors (Lipinski definition) is 0. The molecule has 0 saturated carbocycles. The van der Waals surface area contributed by atoms with Crippen LogP contribution in [0.1, 0.15) is 37.8 Å². The Morgan fingerprint density at radius 1 is 1.39 bits per heavy atom.